The van der Waals surface area contributed by atoms with E-state index >= 15 is 0 Å². The van der Waals surface area contributed by atoms with Gasteiger partial charge in [0.15, 0.2) is 17.2 Å². The minimum atomic E-state index is -2.00. The molecule has 0 radical (unpaired) electrons. The van der Waals surface area contributed by atoms with Crippen molar-refractivity contribution in [3.05, 3.63) is 12.7 Å². The van der Waals surface area contributed by atoms with Crippen molar-refractivity contribution < 1.29 is 39.6 Å². The van der Waals surface area contributed by atoms with Crippen LogP contribution in [0.2, 0.25) is 0 Å². The predicted octanol–water partition coefficient (Wildman–Crippen LogP) is -3.68. The molecule has 0 unspecified atom stereocenters. The molecule has 12 nitrogen and oxygen atoms in total. The van der Waals surface area contributed by atoms with Gasteiger partial charge in [-0.1, -0.05) is 4.98 Å². The number of aliphatic carboxylic acids is 1. The quantitative estimate of drug-likeness (QED) is 0.325. The monoisotopic (exact) mass is 395 g/mol. The number of nitrogens with zero attached hydrogens (tertiary/aromatic N) is 4. The number of anilines is 1. The van der Waals surface area contributed by atoms with E-state index in [1.165, 1.54) is 31.1 Å². The van der Waals surface area contributed by atoms with Crippen molar-refractivity contribution in [3.8, 4) is 0 Å². The molecule has 1 saturated heterocycles. The number of ether oxygens (including phenoxy) is 1. The summed E-state index contributed by atoms with van der Waals surface area (Å²) in [5, 5.41) is 54.8. The van der Waals surface area contributed by atoms with Gasteiger partial charge in [-0.05, 0) is 6.92 Å². The summed E-state index contributed by atoms with van der Waals surface area (Å²) >= 11 is 0. The Bertz CT molecular complexity index is 947. The molecule has 2 aliphatic rings. The SMILES string of the molecule is C[C@]1(C(=O)[O-])Nc2c3ncn([C@H]4C[C@H](O)[C@@H](CO)O4)c3nc[n+]2[C@](C)(O)[C@H]1O. The summed E-state index contributed by atoms with van der Waals surface area (Å²) in [5.74, 6) is -1.47. The second-order valence-corrected chi connectivity index (χ2v) is 7.51. The number of fused-ring (bicyclic) bond motifs is 3. The van der Waals surface area contributed by atoms with Crippen LogP contribution >= 0.6 is 0 Å². The Labute approximate surface area is 158 Å². The van der Waals surface area contributed by atoms with Gasteiger partial charge in [-0.2, -0.15) is 0 Å². The fourth-order valence-corrected chi connectivity index (χ4v) is 3.81. The third kappa shape index (κ3) is 2.42. The molecule has 5 N–H and O–H groups in total. The summed E-state index contributed by atoms with van der Waals surface area (Å²) < 4.78 is 8.36. The minimum Gasteiger partial charge on any atom is -0.546 e. The second-order valence-electron chi connectivity index (χ2n) is 7.51. The molecule has 12 heteroatoms. The standard InChI is InChI=1S/C16H21N5O7/c1-15(14(25)26)13(24)16(2,27)21-6-18-11-10(12(21)19-15)17-5-20(11)9-3-7(23)8(4-22)28-9/h5-9,13,22-24,27H,3-4H2,1-2H3,(H,25,26)/t7-,8+,9+,13-,15-,16+/m0/s1. The van der Waals surface area contributed by atoms with Crippen LogP contribution in [0.5, 0.6) is 0 Å². The summed E-state index contributed by atoms with van der Waals surface area (Å²) in [6.45, 7) is 2.13. The lowest BCUT2D eigenvalue weighted by molar-refractivity contribution is -0.807. The zero-order valence-electron chi connectivity index (χ0n) is 15.2. The molecule has 0 spiro atoms. The number of nitrogens with one attached hydrogen (secondary N) is 1. The van der Waals surface area contributed by atoms with Gasteiger partial charge in [-0.3, -0.25) is 9.88 Å². The topological polar surface area (TPSA) is 177 Å². The van der Waals surface area contributed by atoms with Crippen molar-refractivity contribution >= 4 is 23.0 Å². The van der Waals surface area contributed by atoms with E-state index in [0.29, 0.717) is 5.65 Å². The van der Waals surface area contributed by atoms with Crippen LogP contribution in [0.1, 0.15) is 26.5 Å². The third-order valence-corrected chi connectivity index (χ3v) is 5.58. The number of aliphatic hydroxyl groups is 4. The van der Waals surface area contributed by atoms with Crippen LogP contribution in [0.25, 0.3) is 11.2 Å². The zero-order valence-corrected chi connectivity index (χ0v) is 15.2. The van der Waals surface area contributed by atoms with Gasteiger partial charge in [0.05, 0.1) is 18.7 Å². The molecule has 2 aromatic heterocycles. The van der Waals surface area contributed by atoms with Crippen molar-refractivity contribution in [3.63, 3.8) is 0 Å². The van der Waals surface area contributed by atoms with Crippen LogP contribution in [0, 0.1) is 0 Å². The van der Waals surface area contributed by atoms with Crippen LogP contribution in [0.15, 0.2) is 12.7 Å². The minimum absolute atomic E-state index is 0.128. The summed E-state index contributed by atoms with van der Waals surface area (Å²) in [6, 6.07) is 0. The molecule has 0 amide bonds. The number of carbonyl (C=O) groups is 1. The van der Waals surface area contributed by atoms with Gasteiger partial charge in [-0.25, -0.2) is 9.55 Å². The molecule has 0 saturated carbocycles. The molecule has 2 aromatic rings. The number of aliphatic hydroxyl groups excluding tert-OH is 3. The Morgan fingerprint density at radius 1 is 1.46 bits per heavy atom. The smallest absolute Gasteiger partial charge is 0.256 e. The van der Waals surface area contributed by atoms with Crippen LogP contribution in [-0.2, 0) is 15.3 Å². The lowest BCUT2D eigenvalue weighted by Crippen LogP contribution is -2.77. The van der Waals surface area contributed by atoms with Gasteiger partial charge in [0.2, 0.25) is 17.7 Å². The van der Waals surface area contributed by atoms with Crippen LogP contribution in [0.3, 0.4) is 0 Å². The first-order chi connectivity index (χ1) is 13.1. The number of imidazole rings is 1. The number of hydrogen-bond donors (Lipinski definition) is 5. The van der Waals surface area contributed by atoms with E-state index in [-0.39, 0.29) is 24.4 Å². The first-order valence-electron chi connectivity index (χ1n) is 8.73. The van der Waals surface area contributed by atoms with Gasteiger partial charge in [0.1, 0.15) is 18.7 Å². The number of rotatable bonds is 3. The van der Waals surface area contributed by atoms with E-state index in [2.05, 4.69) is 15.3 Å². The number of aromatic nitrogens is 4. The maximum Gasteiger partial charge on any atom is 0.256 e. The first kappa shape index (κ1) is 19.0. The molecule has 0 bridgehead atoms. The maximum absolute atomic E-state index is 11.7. The lowest BCUT2D eigenvalue weighted by Gasteiger charge is -2.44. The van der Waals surface area contributed by atoms with Crippen molar-refractivity contribution in [1.29, 1.82) is 0 Å². The lowest BCUT2D eigenvalue weighted by atomic mass is 9.85. The predicted molar refractivity (Wildman–Crippen MR) is 88.3 cm³/mol. The third-order valence-electron chi connectivity index (χ3n) is 5.58. The molecule has 2 aliphatic heterocycles. The zero-order chi connectivity index (χ0) is 20.4. The molecule has 0 aromatic carbocycles. The summed E-state index contributed by atoms with van der Waals surface area (Å²) in [5.41, 5.74) is -3.44. The molecule has 152 valence electrons. The highest BCUT2D eigenvalue weighted by Gasteiger charge is 2.56. The Kier molecular flexibility index (Phi) is 4.10. The second kappa shape index (κ2) is 6.06. The van der Waals surface area contributed by atoms with E-state index in [1.807, 2.05) is 0 Å². The first-order valence-corrected chi connectivity index (χ1v) is 8.73. The summed E-state index contributed by atoms with van der Waals surface area (Å²) in [4.78, 5) is 20.2. The summed E-state index contributed by atoms with van der Waals surface area (Å²) in [7, 11) is 0. The van der Waals surface area contributed by atoms with Gasteiger partial charge >= 0.3 is 0 Å². The largest absolute Gasteiger partial charge is 0.546 e. The van der Waals surface area contributed by atoms with Crippen molar-refractivity contribution in [2.24, 2.45) is 0 Å². The highest BCUT2D eigenvalue weighted by Crippen LogP contribution is 2.35. The fraction of sp³-hybridized carbons (Fsp3) is 0.625. The molecule has 4 heterocycles. The van der Waals surface area contributed by atoms with Gasteiger partial charge < -0.3 is 35.1 Å². The van der Waals surface area contributed by atoms with Gasteiger partial charge in [-0.15, -0.1) is 0 Å². The van der Waals surface area contributed by atoms with Crippen LogP contribution in [0.4, 0.5) is 5.82 Å². The van der Waals surface area contributed by atoms with Gasteiger partial charge in [0.25, 0.3) is 5.82 Å². The van der Waals surface area contributed by atoms with Gasteiger partial charge in [0, 0.05) is 13.3 Å². The van der Waals surface area contributed by atoms with Crippen LogP contribution < -0.4 is 15.0 Å². The number of carbonyl (C=O) groups excluding carboxylic acids is 1. The van der Waals surface area contributed by atoms with Crippen LogP contribution in [-0.4, -0.2) is 71.4 Å². The number of carboxylic acid groups (broad SMARTS) is 1. The van der Waals surface area contributed by atoms with E-state index in [9.17, 15) is 30.3 Å². The highest BCUT2D eigenvalue weighted by molar-refractivity contribution is 5.87. The van der Waals surface area contributed by atoms with Crippen molar-refractivity contribution in [1.82, 2.24) is 14.5 Å². The Balaban J connectivity index is 1.84. The molecule has 4 rings (SSSR count). The number of hydrogen-bond acceptors (Lipinski definition) is 10. The number of carboxylic acids is 1. The van der Waals surface area contributed by atoms with Crippen molar-refractivity contribution in [2.45, 2.75) is 56.1 Å². The Morgan fingerprint density at radius 3 is 2.79 bits per heavy atom. The van der Waals surface area contributed by atoms with E-state index in [0.717, 1.165) is 0 Å². The van der Waals surface area contributed by atoms with E-state index < -0.39 is 41.8 Å². The Hall–Kier alpha value is -2.38. The van der Waals surface area contributed by atoms with E-state index in [1.54, 1.807) is 4.57 Å². The molecule has 6 atom stereocenters. The van der Waals surface area contributed by atoms with Crippen molar-refractivity contribution in [2.75, 3.05) is 11.9 Å². The highest BCUT2D eigenvalue weighted by atomic mass is 16.5. The normalized spacial score (nSPS) is 37.6. The fourth-order valence-electron chi connectivity index (χ4n) is 3.81. The molecule has 28 heavy (non-hydrogen) atoms. The molecular weight excluding hydrogens is 374 g/mol. The average Bonchev–Trinajstić information content (AvgIpc) is 3.23. The summed E-state index contributed by atoms with van der Waals surface area (Å²) in [6.07, 6.45) is -1.08. The van der Waals surface area contributed by atoms with E-state index in [4.69, 9.17) is 4.74 Å². The molecule has 1 fully saturated rings. The maximum atomic E-state index is 11.7. The Morgan fingerprint density at radius 2 is 2.18 bits per heavy atom. The molecule has 0 aliphatic carbocycles. The average molecular weight is 395 g/mol. The molecular formula is C16H21N5O7.